The Morgan fingerprint density at radius 2 is 2.21 bits per heavy atom. The van der Waals surface area contributed by atoms with Gasteiger partial charge < -0.3 is 10.1 Å². The Bertz CT molecular complexity index is 879. The lowest BCUT2D eigenvalue weighted by atomic mass is 10.1. The highest BCUT2D eigenvalue weighted by molar-refractivity contribution is 7.99. The van der Waals surface area contributed by atoms with Crippen molar-refractivity contribution >= 4 is 29.0 Å². The second kappa shape index (κ2) is 9.31. The SMILES string of the molecule is O=C(CSc1nnnn1C[C@H]1CCCO1)N[C@H](c1ccccc1)c1cccs1. The number of aromatic nitrogens is 4. The molecule has 0 spiro atoms. The second-order valence-corrected chi connectivity index (χ2v) is 8.42. The van der Waals surface area contributed by atoms with Crippen LogP contribution in [0.1, 0.15) is 29.3 Å². The highest BCUT2D eigenvalue weighted by atomic mass is 32.2. The van der Waals surface area contributed by atoms with Gasteiger partial charge in [-0.25, -0.2) is 4.68 Å². The predicted molar refractivity (Wildman–Crippen MR) is 108 cm³/mol. The molecule has 4 rings (SSSR count). The normalized spacial score (nSPS) is 17.5. The Balaban J connectivity index is 1.38. The molecule has 1 fully saturated rings. The van der Waals surface area contributed by atoms with Crippen LogP contribution >= 0.6 is 23.1 Å². The zero-order valence-corrected chi connectivity index (χ0v) is 16.9. The minimum atomic E-state index is -0.155. The number of rotatable bonds is 8. The third-order valence-corrected chi connectivity index (χ3v) is 6.39. The molecule has 0 unspecified atom stereocenters. The van der Waals surface area contributed by atoms with Crippen LogP contribution in [-0.2, 0) is 16.1 Å². The number of hydrogen-bond acceptors (Lipinski definition) is 7. The molecule has 1 aliphatic rings. The first-order valence-electron chi connectivity index (χ1n) is 9.18. The summed E-state index contributed by atoms with van der Waals surface area (Å²) in [6.45, 7) is 1.42. The highest BCUT2D eigenvalue weighted by Gasteiger charge is 2.21. The van der Waals surface area contributed by atoms with Crippen molar-refractivity contribution in [3.8, 4) is 0 Å². The van der Waals surface area contributed by atoms with Gasteiger partial charge in [0.15, 0.2) is 0 Å². The lowest BCUT2D eigenvalue weighted by Gasteiger charge is -2.18. The minimum Gasteiger partial charge on any atom is -0.376 e. The van der Waals surface area contributed by atoms with E-state index < -0.39 is 0 Å². The lowest BCUT2D eigenvalue weighted by molar-refractivity contribution is -0.119. The van der Waals surface area contributed by atoms with Gasteiger partial charge in [0.05, 0.1) is 24.4 Å². The first-order valence-corrected chi connectivity index (χ1v) is 11.0. The second-order valence-electron chi connectivity index (χ2n) is 6.49. The molecule has 9 heteroatoms. The van der Waals surface area contributed by atoms with Gasteiger partial charge in [0.2, 0.25) is 11.1 Å². The number of nitrogens with zero attached hydrogens (tertiary/aromatic N) is 4. The van der Waals surface area contributed by atoms with Crippen molar-refractivity contribution in [1.29, 1.82) is 0 Å². The molecule has 1 amide bonds. The number of carbonyl (C=O) groups is 1. The predicted octanol–water partition coefficient (Wildman–Crippen LogP) is 2.91. The summed E-state index contributed by atoms with van der Waals surface area (Å²) in [6.07, 6.45) is 2.24. The van der Waals surface area contributed by atoms with Gasteiger partial charge in [-0.1, -0.05) is 48.2 Å². The largest absolute Gasteiger partial charge is 0.376 e. The number of nitrogens with one attached hydrogen (secondary N) is 1. The van der Waals surface area contributed by atoms with Crippen LogP contribution in [0.2, 0.25) is 0 Å². The Labute approximate surface area is 171 Å². The molecule has 3 heterocycles. The number of thiophene rings is 1. The molecule has 1 N–H and O–H groups in total. The summed E-state index contributed by atoms with van der Waals surface area (Å²) in [5, 5.41) is 17.6. The molecule has 28 heavy (non-hydrogen) atoms. The van der Waals surface area contributed by atoms with Crippen molar-refractivity contribution in [1.82, 2.24) is 25.5 Å². The van der Waals surface area contributed by atoms with Gasteiger partial charge in [0, 0.05) is 11.5 Å². The van der Waals surface area contributed by atoms with E-state index in [1.807, 2.05) is 47.8 Å². The first kappa shape index (κ1) is 19.1. The topological polar surface area (TPSA) is 81.9 Å². The average Bonchev–Trinajstić information content (AvgIpc) is 3.49. The quantitative estimate of drug-likeness (QED) is 0.570. The number of hydrogen-bond donors (Lipinski definition) is 1. The van der Waals surface area contributed by atoms with Crippen LogP contribution < -0.4 is 5.32 Å². The van der Waals surface area contributed by atoms with Crippen molar-refractivity contribution in [2.75, 3.05) is 12.4 Å². The van der Waals surface area contributed by atoms with Crippen LogP contribution in [0, 0.1) is 0 Å². The fraction of sp³-hybridized carbons (Fsp3) is 0.368. The molecule has 1 aromatic carbocycles. The molecule has 0 radical (unpaired) electrons. The van der Waals surface area contributed by atoms with E-state index in [0.29, 0.717) is 11.7 Å². The first-order chi connectivity index (χ1) is 13.8. The Morgan fingerprint density at radius 3 is 2.96 bits per heavy atom. The number of ether oxygens (including phenoxy) is 1. The van der Waals surface area contributed by atoms with Crippen LogP contribution in [0.4, 0.5) is 0 Å². The van der Waals surface area contributed by atoms with E-state index in [9.17, 15) is 4.79 Å². The van der Waals surface area contributed by atoms with Crippen LogP contribution in [0.3, 0.4) is 0 Å². The van der Waals surface area contributed by atoms with Gasteiger partial charge >= 0.3 is 0 Å². The molecule has 3 aromatic rings. The van der Waals surface area contributed by atoms with Crippen molar-refractivity contribution in [3.05, 3.63) is 58.3 Å². The van der Waals surface area contributed by atoms with Gasteiger partial charge in [-0.3, -0.25) is 4.79 Å². The maximum absolute atomic E-state index is 12.6. The number of amides is 1. The van der Waals surface area contributed by atoms with E-state index in [1.165, 1.54) is 11.8 Å². The monoisotopic (exact) mass is 415 g/mol. The molecular weight excluding hydrogens is 394 g/mol. The molecule has 0 aliphatic carbocycles. The van der Waals surface area contributed by atoms with E-state index >= 15 is 0 Å². The maximum atomic E-state index is 12.6. The highest BCUT2D eigenvalue weighted by Crippen LogP contribution is 2.26. The molecule has 2 atom stereocenters. The summed E-state index contributed by atoms with van der Waals surface area (Å²) in [6, 6.07) is 13.9. The standard InChI is InChI=1S/C19H21N5O2S2/c25-17(13-28-19-21-22-23-24(19)12-15-8-4-10-26-15)20-18(16-9-5-11-27-16)14-6-2-1-3-7-14/h1-3,5-7,9,11,15,18H,4,8,10,12-13H2,(H,20,25)/t15-,18-/m1/s1. The van der Waals surface area contributed by atoms with E-state index in [-0.39, 0.29) is 23.8 Å². The van der Waals surface area contributed by atoms with Crippen LogP contribution in [0.5, 0.6) is 0 Å². The smallest absolute Gasteiger partial charge is 0.231 e. The Morgan fingerprint density at radius 1 is 1.32 bits per heavy atom. The molecule has 7 nitrogen and oxygen atoms in total. The molecule has 146 valence electrons. The third-order valence-electron chi connectivity index (χ3n) is 4.50. The van der Waals surface area contributed by atoms with Crippen molar-refractivity contribution in [2.45, 2.75) is 36.7 Å². The number of tetrazole rings is 1. The van der Waals surface area contributed by atoms with Gasteiger partial charge in [-0.2, -0.15) is 0 Å². The minimum absolute atomic E-state index is 0.0566. The van der Waals surface area contributed by atoms with Crippen molar-refractivity contribution < 1.29 is 9.53 Å². The van der Waals surface area contributed by atoms with Gasteiger partial charge in [-0.05, 0) is 40.3 Å². The third kappa shape index (κ3) is 4.78. The van der Waals surface area contributed by atoms with Crippen molar-refractivity contribution in [2.24, 2.45) is 0 Å². The molecule has 1 aliphatic heterocycles. The van der Waals surface area contributed by atoms with Gasteiger partial charge in [0.25, 0.3) is 0 Å². The fourth-order valence-electron chi connectivity index (χ4n) is 3.15. The fourth-order valence-corrected chi connectivity index (χ4v) is 4.65. The van der Waals surface area contributed by atoms with E-state index in [4.69, 9.17) is 4.74 Å². The Kier molecular flexibility index (Phi) is 6.35. The molecule has 0 saturated carbocycles. The van der Waals surface area contributed by atoms with Crippen LogP contribution in [-0.4, -0.2) is 44.6 Å². The van der Waals surface area contributed by atoms with E-state index in [0.717, 1.165) is 29.9 Å². The molecule has 0 bridgehead atoms. The number of thioether (sulfide) groups is 1. The van der Waals surface area contributed by atoms with E-state index in [2.05, 4.69) is 20.8 Å². The molecule has 1 saturated heterocycles. The van der Waals surface area contributed by atoms with Gasteiger partial charge in [-0.15, -0.1) is 16.4 Å². The van der Waals surface area contributed by atoms with Gasteiger partial charge in [0.1, 0.15) is 0 Å². The molecular formula is C19H21N5O2S2. The summed E-state index contributed by atoms with van der Waals surface area (Å²) in [5.74, 6) is 0.194. The molecule has 2 aromatic heterocycles. The summed E-state index contributed by atoms with van der Waals surface area (Å²) in [4.78, 5) is 13.7. The van der Waals surface area contributed by atoms with Crippen LogP contribution in [0.25, 0.3) is 0 Å². The summed E-state index contributed by atoms with van der Waals surface area (Å²) in [5.41, 5.74) is 1.06. The summed E-state index contributed by atoms with van der Waals surface area (Å²) in [7, 11) is 0. The number of benzene rings is 1. The number of carbonyl (C=O) groups excluding carboxylic acids is 1. The zero-order chi connectivity index (χ0) is 19.2. The zero-order valence-electron chi connectivity index (χ0n) is 15.2. The summed E-state index contributed by atoms with van der Waals surface area (Å²) < 4.78 is 7.37. The average molecular weight is 416 g/mol. The van der Waals surface area contributed by atoms with Crippen LogP contribution in [0.15, 0.2) is 53.0 Å². The lowest BCUT2D eigenvalue weighted by Crippen LogP contribution is -2.30. The Hall–Kier alpha value is -2.23. The van der Waals surface area contributed by atoms with E-state index in [1.54, 1.807) is 16.0 Å². The summed E-state index contributed by atoms with van der Waals surface area (Å²) >= 11 is 2.97. The maximum Gasteiger partial charge on any atom is 0.231 e. The van der Waals surface area contributed by atoms with Crippen molar-refractivity contribution in [3.63, 3.8) is 0 Å².